The molecule has 0 saturated carbocycles. The van der Waals surface area contributed by atoms with Crippen molar-refractivity contribution >= 4 is 40.7 Å². The number of halogens is 4. The quantitative estimate of drug-likeness (QED) is 0.804. The minimum atomic E-state index is -1.76. The number of benzene rings is 2. The van der Waals surface area contributed by atoms with Gasteiger partial charge in [-0.1, -0.05) is 65.1 Å². The summed E-state index contributed by atoms with van der Waals surface area (Å²) < 4.78 is 11.2. The van der Waals surface area contributed by atoms with Gasteiger partial charge in [-0.15, -0.1) is 0 Å². The second kappa shape index (κ2) is 6.65. The van der Waals surface area contributed by atoms with Gasteiger partial charge in [0, 0.05) is 5.56 Å². The first-order chi connectivity index (χ1) is 9.88. The highest BCUT2D eigenvalue weighted by molar-refractivity contribution is 6.68. The van der Waals surface area contributed by atoms with Gasteiger partial charge < -0.3 is 5.32 Å². The molecule has 0 heterocycles. The lowest BCUT2D eigenvalue weighted by atomic mass is 10.1. The van der Waals surface area contributed by atoms with Crippen LogP contribution in [0.25, 0.3) is 0 Å². The predicted molar refractivity (Wildman–Crippen MR) is 83.3 cm³/mol. The summed E-state index contributed by atoms with van der Waals surface area (Å²) in [5.41, 5.74) is 0.944. The molecule has 110 valence electrons. The molecular formula is C15H11Cl3FNO. The van der Waals surface area contributed by atoms with Crippen LogP contribution in [0.15, 0.2) is 54.6 Å². The van der Waals surface area contributed by atoms with Gasteiger partial charge in [0.25, 0.3) is 5.91 Å². The minimum absolute atomic E-state index is 0.378. The van der Waals surface area contributed by atoms with E-state index >= 15 is 0 Å². The number of rotatable bonds is 3. The van der Waals surface area contributed by atoms with Crippen LogP contribution in [0.1, 0.15) is 22.0 Å². The van der Waals surface area contributed by atoms with E-state index in [-0.39, 0.29) is 5.91 Å². The maximum absolute atomic E-state index is 13.0. The summed E-state index contributed by atoms with van der Waals surface area (Å²) >= 11 is 17.8. The minimum Gasteiger partial charge on any atom is -0.341 e. The molecule has 2 aromatic carbocycles. The largest absolute Gasteiger partial charge is 0.341 e. The van der Waals surface area contributed by atoms with Crippen LogP contribution in [0.2, 0.25) is 0 Å². The Hall–Kier alpha value is -1.29. The molecule has 0 aliphatic heterocycles. The van der Waals surface area contributed by atoms with E-state index in [0.29, 0.717) is 11.1 Å². The molecule has 2 nitrogen and oxygen atoms in total. The van der Waals surface area contributed by atoms with Gasteiger partial charge in [0.15, 0.2) is 0 Å². The molecule has 1 atom stereocenters. The summed E-state index contributed by atoms with van der Waals surface area (Å²) in [6, 6.07) is 13.1. The highest BCUT2D eigenvalue weighted by atomic mass is 35.6. The molecule has 0 aromatic heterocycles. The van der Waals surface area contributed by atoms with Crippen molar-refractivity contribution in [3.63, 3.8) is 0 Å². The van der Waals surface area contributed by atoms with Gasteiger partial charge in [-0.25, -0.2) is 4.39 Å². The first-order valence-electron chi connectivity index (χ1n) is 6.06. The second-order valence-electron chi connectivity index (χ2n) is 4.37. The Balaban J connectivity index is 2.26. The van der Waals surface area contributed by atoms with Gasteiger partial charge in [0.05, 0.1) is 0 Å². The summed E-state index contributed by atoms with van der Waals surface area (Å²) in [6.45, 7) is 0. The molecule has 2 rings (SSSR count). The van der Waals surface area contributed by atoms with Crippen LogP contribution in [0, 0.1) is 5.82 Å². The summed E-state index contributed by atoms with van der Waals surface area (Å²) in [6.07, 6.45) is 0. The third-order valence-electron chi connectivity index (χ3n) is 2.84. The number of carbonyl (C=O) groups excluding carboxylic acids is 1. The molecular weight excluding hydrogens is 336 g/mol. The molecule has 21 heavy (non-hydrogen) atoms. The molecule has 0 saturated heterocycles. The SMILES string of the molecule is O=C(NC(c1ccc(F)cc1)C(Cl)(Cl)Cl)c1ccccc1. The molecule has 0 radical (unpaired) electrons. The zero-order valence-corrected chi connectivity index (χ0v) is 13.0. The van der Waals surface area contributed by atoms with Crippen molar-refractivity contribution < 1.29 is 9.18 Å². The zero-order valence-electron chi connectivity index (χ0n) is 10.7. The lowest BCUT2D eigenvalue weighted by Gasteiger charge is -2.26. The molecule has 0 bridgehead atoms. The average Bonchev–Trinajstić information content (AvgIpc) is 2.45. The topological polar surface area (TPSA) is 29.1 Å². The molecule has 1 amide bonds. The number of hydrogen-bond acceptors (Lipinski definition) is 1. The van der Waals surface area contributed by atoms with Crippen LogP contribution in [-0.2, 0) is 0 Å². The van der Waals surface area contributed by atoms with E-state index in [1.54, 1.807) is 30.3 Å². The molecule has 1 unspecified atom stereocenters. The normalized spacial score (nSPS) is 12.8. The first-order valence-corrected chi connectivity index (χ1v) is 7.19. The maximum Gasteiger partial charge on any atom is 0.251 e. The zero-order chi connectivity index (χ0) is 15.5. The molecule has 0 aliphatic carbocycles. The third kappa shape index (κ3) is 4.34. The Bertz CT molecular complexity index is 611. The van der Waals surface area contributed by atoms with E-state index in [1.807, 2.05) is 0 Å². The van der Waals surface area contributed by atoms with E-state index in [0.717, 1.165) is 0 Å². The van der Waals surface area contributed by atoms with Crippen molar-refractivity contribution in [2.24, 2.45) is 0 Å². The Labute approximate surface area is 136 Å². The van der Waals surface area contributed by atoms with Gasteiger partial charge in [-0.3, -0.25) is 4.79 Å². The van der Waals surface area contributed by atoms with Crippen molar-refractivity contribution in [3.8, 4) is 0 Å². The number of carbonyl (C=O) groups is 1. The lowest BCUT2D eigenvalue weighted by Crippen LogP contribution is -2.36. The summed E-state index contributed by atoms with van der Waals surface area (Å²) in [4.78, 5) is 12.2. The van der Waals surface area contributed by atoms with Crippen LogP contribution < -0.4 is 5.32 Å². The standard InChI is InChI=1S/C15H11Cl3FNO/c16-15(17,18)13(10-6-8-12(19)9-7-10)20-14(21)11-4-2-1-3-5-11/h1-9,13H,(H,20,21). The third-order valence-corrected chi connectivity index (χ3v) is 3.50. The smallest absolute Gasteiger partial charge is 0.251 e. The predicted octanol–water partition coefficient (Wildman–Crippen LogP) is 4.67. The summed E-state index contributed by atoms with van der Waals surface area (Å²) in [7, 11) is 0. The Kier molecular flexibility index (Phi) is 5.09. The van der Waals surface area contributed by atoms with E-state index < -0.39 is 15.7 Å². The van der Waals surface area contributed by atoms with Gasteiger partial charge in [0.2, 0.25) is 3.79 Å². The molecule has 2 aromatic rings. The van der Waals surface area contributed by atoms with Crippen molar-refractivity contribution in [1.29, 1.82) is 0 Å². The number of nitrogens with one attached hydrogen (secondary N) is 1. The molecule has 0 fully saturated rings. The number of hydrogen-bond donors (Lipinski definition) is 1. The van der Waals surface area contributed by atoms with Crippen LogP contribution in [-0.4, -0.2) is 9.70 Å². The highest BCUT2D eigenvalue weighted by Gasteiger charge is 2.35. The Morgan fingerprint density at radius 1 is 1.00 bits per heavy atom. The fourth-order valence-corrected chi connectivity index (χ4v) is 2.35. The van der Waals surface area contributed by atoms with Crippen LogP contribution in [0.5, 0.6) is 0 Å². The van der Waals surface area contributed by atoms with Crippen molar-refractivity contribution in [2.45, 2.75) is 9.83 Å². The maximum atomic E-state index is 13.0. The van der Waals surface area contributed by atoms with Crippen molar-refractivity contribution in [1.82, 2.24) is 5.32 Å². The van der Waals surface area contributed by atoms with Gasteiger partial charge in [-0.2, -0.15) is 0 Å². The van der Waals surface area contributed by atoms with Crippen LogP contribution >= 0.6 is 34.8 Å². The van der Waals surface area contributed by atoms with Crippen molar-refractivity contribution in [2.75, 3.05) is 0 Å². The first kappa shape index (κ1) is 16.1. The fourth-order valence-electron chi connectivity index (χ4n) is 1.81. The Morgan fingerprint density at radius 3 is 2.10 bits per heavy atom. The highest BCUT2D eigenvalue weighted by Crippen LogP contribution is 2.40. The molecule has 6 heteroatoms. The van der Waals surface area contributed by atoms with E-state index in [4.69, 9.17) is 34.8 Å². The monoisotopic (exact) mass is 345 g/mol. The second-order valence-corrected chi connectivity index (χ2v) is 6.73. The lowest BCUT2D eigenvalue weighted by molar-refractivity contribution is 0.0937. The number of amides is 1. The van der Waals surface area contributed by atoms with E-state index in [2.05, 4.69) is 5.32 Å². The molecule has 0 spiro atoms. The summed E-state index contributed by atoms with van der Waals surface area (Å²) in [5.74, 6) is -0.785. The van der Waals surface area contributed by atoms with Gasteiger partial charge in [0.1, 0.15) is 11.9 Å². The van der Waals surface area contributed by atoms with Crippen LogP contribution in [0.3, 0.4) is 0 Å². The summed E-state index contributed by atoms with van der Waals surface area (Å²) in [5, 5.41) is 2.65. The Morgan fingerprint density at radius 2 is 1.57 bits per heavy atom. The van der Waals surface area contributed by atoms with E-state index in [1.165, 1.54) is 24.3 Å². The molecule has 0 aliphatic rings. The van der Waals surface area contributed by atoms with Gasteiger partial charge in [-0.05, 0) is 29.8 Å². The number of alkyl halides is 3. The molecule has 1 N–H and O–H groups in total. The van der Waals surface area contributed by atoms with Crippen molar-refractivity contribution in [3.05, 3.63) is 71.5 Å². The van der Waals surface area contributed by atoms with Crippen LogP contribution in [0.4, 0.5) is 4.39 Å². The fraction of sp³-hybridized carbons (Fsp3) is 0.133. The van der Waals surface area contributed by atoms with Gasteiger partial charge >= 0.3 is 0 Å². The van der Waals surface area contributed by atoms with E-state index in [9.17, 15) is 9.18 Å². The average molecular weight is 347 g/mol.